The molecule has 1 fully saturated rings. The summed E-state index contributed by atoms with van der Waals surface area (Å²) in [6.45, 7) is 2.27. The molecule has 0 spiro atoms. The zero-order valence-electron chi connectivity index (χ0n) is 13.1. The first-order valence-corrected chi connectivity index (χ1v) is 8.77. The van der Waals surface area contributed by atoms with Gasteiger partial charge in [0.25, 0.3) is 0 Å². The number of carbonyl (C=O) groups excluding carboxylic acids is 1. The second-order valence-electron chi connectivity index (χ2n) is 6.66. The Morgan fingerprint density at radius 2 is 1.42 bits per heavy atom. The Kier molecular flexibility index (Phi) is 9.20. The van der Waals surface area contributed by atoms with Crippen molar-refractivity contribution < 1.29 is 4.79 Å². The van der Waals surface area contributed by atoms with Gasteiger partial charge in [-0.05, 0) is 24.7 Å². The molecule has 1 aliphatic carbocycles. The van der Waals surface area contributed by atoms with E-state index in [-0.39, 0.29) is 0 Å². The summed E-state index contributed by atoms with van der Waals surface area (Å²) >= 11 is 0. The highest BCUT2D eigenvalue weighted by atomic mass is 16.1. The monoisotopic (exact) mass is 266 g/mol. The number of hydrogen-bond acceptors (Lipinski definition) is 1. The largest absolute Gasteiger partial charge is 0.303 e. The summed E-state index contributed by atoms with van der Waals surface area (Å²) < 4.78 is 0. The number of carbonyl (C=O) groups is 1. The van der Waals surface area contributed by atoms with Gasteiger partial charge in [-0.2, -0.15) is 0 Å². The molecule has 19 heavy (non-hydrogen) atoms. The van der Waals surface area contributed by atoms with E-state index in [4.69, 9.17) is 0 Å². The second kappa shape index (κ2) is 10.5. The molecule has 1 nitrogen and oxygen atoms in total. The van der Waals surface area contributed by atoms with Gasteiger partial charge in [-0.3, -0.25) is 0 Å². The topological polar surface area (TPSA) is 17.1 Å². The van der Waals surface area contributed by atoms with Crippen LogP contribution in [0.3, 0.4) is 0 Å². The molecule has 0 unspecified atom stereocenters. The summed E-state index contributed by atoms with van der Waals surface area (Å²) in [5, 5.41) is 0. The highest BCUT2D eigenvalue weighted by molar-refractivity contribution is 5.50. The van der Waals surface area contributed by atoms with E-state index in [1.807, 2.05) is 0 Å². The molecular weight excluding hydrogens is 232 g/mol. The van der Waals surface area contributed by atoms with E-state index in [0.717, 1.165) is 6.42 Å². The first-order valence-electron chi connectivity index (χ1n) is 8.77. The fourth-order valence-electron chi connectivity index (χ4n) is 3.67. The van der Waals surface area contributed by atoms with Crippen LogP contribution in [0.1, 0.15) is 103 Å². The zero-order chi connectivity index (χ0) is 13.8. The Hall–Kier alpha value is -0.330. The van der Waals surface area contributed by atoms with Crippen molar-refractivity contribution in [2.45, 2.75) is 103 Å². The average Bonchev–Trinajstić information content (AvgIpc) is 2.43. The summed E-state index contributed by atoms with van der Waals surface area (Å²) in [6.07, 6.45) is 21.2. The van der Waals surface area contributed by atoms with Gasteiger partial charge in [0.1, 0.15) is 6.29 Å². The minimum Gasteiger partial charge on any atom is -0.303 e. The molecule has 0 amide bonds. The van der Waals surface area contributed by atoms with Gasteiger partial charge >= 0.3 is 0 Å². The van der Waals surface area contributed by atoms with Crippen LogP contribution in [0.4, 0.5) is 0 Å². The van der Waals surface area contributed by atoms with Crippen molar-refractivity contribution in [1.82, 2.24) is 0 Å². The first kappa shape index (κ1) is 16.7. The Labute approximate surface area is 120 Å². The molecule has 0 aromatic heterocycles. The third-order valence-electron chi connectivity index (χ3n) is 4.99. The van der Waals surface area contributed by atoms with Gasteiger partial charge < -0.3 is 4.79 Å². The standard InChI is InChI=1S/C18H34O/c1-2-3-4-5-6-7-8-10-13-18(16-17-19)14-11-9-12-15-18/h17H,2-16H2,1H3. The van der Waals surface area contributed by atoms with E-state index in [2.05, 4.69) is 6.92 Å². The molecule has 0 aromatic carbocycles. The Morgan fingerprint density at radius 3 is 2.00 bits per heavy atom. The molecule has 112 valence electrons. The molecule has 1 heteroatoms. The van der Waals surface area contributed by atoms with Crippen LogP contribution in [0.2, 0.25) is 0 Å². The predicted molar refractivity (Wildman–Crippen MR) is 83.4 cm³/mol. The van der Waals surface area contributed by atoms with Gasteiger partial charge in [0.15, 0.2) is 0 Å². The van der Waals surface area contributed by atoms with E-state index >= 15 is 0 Å². The Morgan fingerprint density at radius 1 is 0.842 bits per heavy atom. The molecular formula is C18H34O. The van der Waals surface area contributed by atoms with Crippen LogP contribution in [-0.2, 0) is 4.79 Å². The van der Waals surface area contributed by atoms with Gasteiger partial charge in [-0.15, -0.1) is 0 Å². The van der Waals surface area contributed by atoms with Crippen LogP contribution >= 0.6 is 0 Å². The van der Waals surface area contributed by atoms with Gasteiger partial charge in [-0.1, -0.05) is 77.6 Å². The van der Waals surface area contributed by atoms with Crippen LogP contribution < -0.4 is 0 Å². The molecule has 0 N–H and O–H groups in total. The molecule has 1 saturated carbocycles. The van der Waals surface area contributed by atoms with Crippen LogP contribution in [0.25, 0.3) is 0 Å². The molecule has 0 saturated heterocycles. The average molecular weight is 266 g/mol. The summed E-state index contributed by atoms with van der Waals surface area (Å²) in [5.41, 5.74) is 0.405. The number of rotatable bonds is 11. The minimum absolute atomic E-state index is 0.405. The second-order valence-corrected chi connectivity index (χ2v) is 6.66. The lowest BCUT2D eigenvalue weighted by Gasteiger charge is -2.36. The van der Waals surface area contributed by atoms with Gasteiger partial charge in [0.05, 0.1) is 0 Å². The molecule has 0 radical (unpaired) electrons. The Bertz CT molecular complexity index is 216. The van der Waals surface area contributed by atoms with Crippen LogP contribution in [0.15, 0.2) is 0 Å². The number of unbranched alkanes of at least 4 members (excludes halogenated alkanes) is 7. The van der Waals surface area contributed by atoms with E-state index in [1.54, 1.807) is 0 Å². The van der Waals surface area contributed by atoms with Crippen molar-refractivity contribution in [1.29, 1.82) is 0 Å². The highest BCUT2D eigenvalue weighted by Crippen LogP contribution is 2.42. The highest BCUT2D eigenvalue weighted by Gasteiger charge is 2.30. The first-order chi connectivity index (χ1) is 9.33. The molecule has 0 heterocycles. The van der Waals surface area contributed by atoms with Crippen molar-refractivity contribution in [3.8, 4) is 0 Å². The molecule has 0 aromatic rings. The van der Waals surface area contributed by atoms with Crippen molar-refractivity contribution in [2.24, 2.45) is 5.41 Å². The van der Waals surface area contributed by atoms with E-state index < -0.39 is 0 Å². The summed E-state index contributed by atoms with van der Waals surface area (Å²) in [5.74, 6) is 0. The van der Waals surface area contributed by atoms with Crippen LogP contribution in [0, 0.1) is 5.41 Å². The molecule has 0 aliphatic heterocycles. The van der Waals surface area contributed by atoms with Gasteiger partial charge in [-0.25, -0.2) is 0 Å². The lowest BCUT2D eigenvalue weighted by atomic mass is 9.69. The fraction of sp³-hybridized carbons (Fsp3) is 0.944. The molecule has 0 bridgehead atoms. The maximum Gasteiger partial charge on any atom is 0.120 e. The lowest BCUT2D eigenvalue weighted by Crippen LogP contribution is -2.24. The fourth-order valence-corrected chi connectivity index (χ4v) is 3.67. The maximum absolute atomic E-state index is 10.9. The Balaban J connectivity index is 2.06. The summed E-state index contributed by atoms with van der Waals surface area (Å²) in [6, 6.07) is 0. The normalized spacial score (nSPS) is 18.4. The SMILES string of the molecule is CCCCCCCCCCC1(CC=O)CCCCC1. The lowest BCUT2D eigenvalue weighted by molar-refractivity contribution is -0.110. The van der Waals surface area contributed by atoms with Crippen LogP contribution in [0.5, 0.6) is 0 Å². The third-order valence-corrected chi connectivity index (χ3v) is 4.99. The minimum atomic E-state index is 0.405. The van der Waals surface area contributed by atoms with Gasteiger partial charge in [0, 0.05) is 6.42 Å². The van der Waals surface area contributed by atoms with Crippen molar-refractivity contribution in [3.05, 3.63) is 0 Å². The maximum atomic E-state index is 10.9. The number of aldehydes is 1. The summed E-state index contributed by atoms with van der Waals surface area (Å²) in [7, 11) is 0. The number of hydrogen-bond donors (Lipinski definition) is 0. The van der Waals surface area contributed by atoms with Crippen molar-refractivity contribution in [3.63, 3.8) is 0 Å². The summed E-state index contributed by atoms with van der Waals surface area (Å²) in [4.78, 5) is 10.9. The van der Waals surface area contributed by atoms with Crippen LogP contribution in [-0.4, -0.2) is 6.29 Å². The van der Waals surface area contributed by atoms with E-state index in [9.17, 15) is 4.79 Å². The van der Waals surface area contributed by atoms with E-state index in [0.29, 0.717) is 5.41 Å². The van der Waals surface area contributed by atoms with Crippen molar-refractivity contribution in [2.75, 3.05) is 0 Å². The predicted octanol–water partition coefficient (Wildman–Crippen LogP) is 6.06. The molecule has 1 aliphatic rings. The third kappa shape index (κ3) is 7.13. The molecule has 1 rings (SSSR count). The van der Waals surface area contributed by atoms with E-state index in [1.165, 1.54) is 96.2 Å². The smallest absolute Gasteiger partial charge is 0.120 e. The quantitative estimate of drug-likeness (QED) is 0.328. The zero-order valence-corrected chi connectivity index (χ0v) is 13.1. The molecule has 0 atom stereocenters. The van der Waals surface area contributed by atoms with Gasteiger partial charge in [0.2, 0.25) is 0 Å². The van der Waals surface area contributed by atoms with Crippen molar-refractivity contribution >= 4 is 6.29 Å².